The molecule has 0 saturated carbocycles. The molecule has 0 aliphatic carbocycles. The highest BCUT2D eigenvalue weighted by atomic mass is 32.2. The SMILES string of the molecule is Cc1ccc(C)c(SCC(=O)N2CC(C)CC(C(=O)O)C2)c1. The number of piperidine rings is 1. The molecule has 2 unspecified atom stereocenters. The molecule has 0 aromatic heterocycles. The molecule has 1 fully saturated rings. The van der Waals surface area contributed by atoms with E-state index in [1.165, 1.54) is 22.9 Å². The van der Waals surface area contributed by atoms with Crippen LogP contribution in [0.15, 0.2) is 23.1 Å². The van der Waals surface area contributed by atoms with E-state index in [1.54, 1.807) is 4.90 Å². The fraction of sp³-hybridized carbons (Fsp3) is 0.529. The van der Waals surface area contributed by atoms with E-state index in [4.69, 9.17) is 0 Å². The predicted octanol–water partition coefficient (Wildman–Crippen LogP) is 2.96. The first-order valence-electron chi connectivity index (χ1n) is 7.57. The van der Waals surface area contributed by atoms with Gasteiger partial charge in [-0.05, 0) is 37.8 Å². The molecule has 1 N–H and O–H groups in total. The lowest BCUT2D eigenvalue weighted by molar-refractivity contribution is -0.146. The summed E-state index contributed by atoms with van der Waals surface area (Å²) in [6.07, 6.45) is 0.656. The van der Waals surface area contributed by atoms with Crippen molar-refractivity contribution in [3.05, 3.63) is 29.3 Å². The van der Waals surface area contributed by atoms with Crippen LogP contribution >= 0.6 is 11.8 Å². The second-order valence-corrected chi connectivity index (χ2v) is 7.25. The number of nitrogens with zero attached hydrogens (tertiary/aromatic N) is 1. The Morgan fingerprint density at radius 1 is 1.32 bits per heavy atom. The summed E-state index contributed by atoms with van der Waals surface area (Å²) in [7, 11) is 0. The summed E-state index contributed by atoms with van der Waals surface area (Å²) in [6.45, 7) is 7.08. The quantitative estimate of drug-likeness (QED) is 0.866. The average molecular weight is 321 g/mol. The summed E-state index contributed by atoms with van der Waals surface area (Å²) in [4.78, 5) is 26.4. The standard InChI is InChI=1S/C17H23NO3S/c1-11-4-5-13(3)15(7-11)22-10-16(19)18-8-12(2)6-14(9-18)17(20)21/h4-5,7,12,14H,6,8-10H2,1-3H3,(H,20,21). The second-order valence-electron chi connectivity index (χ2n) is 6.23. The van der Waals surface area contributed by atoms with Crippen molar-refractivity contribution in [2.75, 3.05) is 18.8 Å². The lowest BCUT2D eigenvalue weighted by Crippen LogP contribution is -2.46. The maximum atomic E-state index is 12.4. The third kappa shape index (κ3) is 4.26. The normalized spacial score (nSPS) is 21.7. The number of carbonyl (C=O) groups excluding carboxylic acids is 1. The van der Waals surface area contributed by atoms with Crippen LogP contribution in [0.3, 0.4) is 0 Å². The number of benzene rings is 1. The monoisotopic (exact) mass is 321 g/mol. The second kappa shape index (κ2) is 7.18. The minimum atomic E-state index is -0.800. The molecule has 1 aliphatic rings. The smallest absolute Gasteiger partial charge is 0.308 e. The van der Waals surface area contributed by atoms with Gasteiger partial charge < -0.3 is 10.0 Å². The molecule has 1 aromatic carbocycles. The van der Waals surface area contributed by atoms with Gasteiger partial charge in [-0.15, -0.1) is 11.8 Å². The Morgan fingerprint density at radius 3 is 2.73 bits per heavy atom. The van der Waals surface area contributed by atoms with Crippen molar-refractivity contribution in [1.29, 1.82) is 0 Å². The van der Waals surface area contributed by atoms with E-state index in [-0.39, 0.29) is 11.8 Å². The van der Waals surface area contributed by atoms with Crippen molar-refractivity contribution in [2.45, 2.75) is 32.1 Å². The van der Waals surface area contributed by atoms with E-state index in [9.17, 15) is 14.7 Å². The lowest BCUT2D eigenvalue weighted by Gasteiger charge is -2.34. The summed E-state index contributed by atoms with van der Waals surface area (Å²) in [5.41, 5.74) is 2.34. The fourth-order valence-corrected chi connectivity index (χ4v) is 3.85. The van der Waals surface area contributed by atoms with E-state index >= 15 is 0 Å². The van der Waals surface area contributed by atoms with Crippen LogP contribution in [0.4, 0.5) is 0 Å². The van der Waals surface area contributed by atoms with E-state index in [0.717, 1.165) is 4.90 Å². The Hall–Kier alpha value is -1.49. The summed E-state index contributed by atoms with van der Waals surface area (Å²) in [6, 6.07) is 6.21. The molecule has 120 valence electrons. The number of aryl methyl sites for hydroxylation is 2. The Balaban J connectivity index is 1.96. The third-order valence-corrected chi connectivity index (χ3v) is 5.20. The Kier molecular flexibility index (Phi) is 5.51. The zero-order chi connectivity index (χ0) is 16.3. The van der Waals surface area contributed by atoms with E-state index < -0.39 is 11.9 Å². The topological polar surface area (TPSA) is 57.6 Å². The molecule has 4 nitrogen and oxygen atoms in total. The molecule has 2 rings (SSSR count). The number of carboxylic acids is 1. The van der Waals surface area contributed by atoms with Crippen LogP contribution in [-0.2, 0) is 9.59 Å². The number of rotatable bonds is 4. The highest BCUT2D eigenvalue weighted by Crippen LogP contribution is 2.26. The van der Waals surface area contributed by atoms with Crippen LogP contribution in [0.25, 0.3) is 0 Å². The van der Waals surface area contributed by atoms with Crippen LogP contribution in [0.5, 0.6) is 0 Å². The maximum Gasteiger partial charge on any atom is 0.308 e. The van der Waals surface area contributed by atoms with E-state index in [1.807, 2.05) is 20.8 Å². The molecule has 0 bridgehead atoms. The van der Waals surface area contributed by atoms with Crippen molar-refractivity contribution >= 4 is 23.6 Å². The Morgan fingerprint density at radius 2 is 2.05 bits per heavy atom. The van der Waals surface area contributed by atoms with Gasteiger partial charge >= 0.3 is 5.97 Å². The highest BCUT2D eigenvalue weighted by Gasteiger charge is 2.31. The Bertz CT molecular complexity index is 573. The molecule has 1 amide bonds. The lowest BCUT2D eigenvalue weighted by atomic mass is 9.90. The molecule has 22 heavy (non-hydrogen) atoms. The minimum absolute atomic E-state index is 0.0312. The average Bonchev–Trinajstić information content (AvgIpc) is 2.47. The molecular formula is C17H23NO3S. The van der Waals surface area contributed by atoms with Gasteiger partial charge in [-0.1, -0.05) is 24.6 Å². The van der Waals surface area contributed by atoms with Crippen molar-refractivity contribution < 1.29 is 14.7 Å². The first-order chi connectivity index (χ1) is 10.4. The zero-order valence-electron chi connectivity index (χ0n) is 13.3. The number of carbonyl (C=O) groups is 2. The van der Waals surface area contributed by atoms with Gasteiger partial charge in [0.15, 0.2) is 0 Å². The van der Waals surface area contributed by atoms with Crippen LogP contribution in [0.1, 0.15) is 24.5 Å². The number of thioether (sulfide) groups is 1. The number of carboxylic acid groups (broad SMARTS) is 1. The van der Waals surface area contributed by atoms with Gasteiger partial charge in [0.2, 0.25) is 5.91 Å². The molecule has 1 saturated heterocycles. The molecular weight excluding hydrogens is 298 g/mol. The van der Waals surface area contributed by atoms with Gasteiger partial charge in [-0.3, -0.25) is 9.59 Å². The van der Waals surface area contributed by atoms with Gasteiger partial charge in [0, 0.05) is 18.0 Å². The van der Waals surface area contributed by atoms with E-state index in [0.29, 0.717) is 25.3 Å². The van der Waals surface area contributed by atoms with Gasteiger partial charge in [-0.25, -0.2) is 0 Å². The van der Waals surface area contributed by atoms with Gasteiger partial charge in [-0.2, -0.15) is 0 Å². The molecule has 0 spiro atoms. The largest absolute Gasteiger partial charge is 0.481 e. The molecule has 1 aromatic rings. The van der Waals surface area contributed by atoms with Crippen LogP contribution in [0, 0.1) is 25.7 Å². The van der Waals surface area contributed by atoms with E-state index in [2.05, 4.69) is 18.2 Å². The maximum absolute atomic E-state index is 12.4. The van der Waals surface area contributed by atoms with Crippen LogP contribution < -0.4 is 0 Å². The van der Waals surface area contributed by atoms with Crippen LogP contribution in [-0.4, -0.2) is 40.7 Å². The van der Waals surface area contributed by atoms with Crippen molar-refractivity contribution in [1.82, 2.24) is 4.90 Å². The van der Waals surface area contributed by atoms with Crippen molar-refractivity contribution in [3.8, 4) is 0 Å². The summed E-state index contributed by atoms with van der Waals surface area (Å²) < 4.78 is 0. The van der Waals surface area contributed by atoms with Gasteiger partial charge in [0.25, 0.3) is 0 Å². The first kappa shape index (κ1) is 16.9. The van der Waals surface area contributed by atoms with Crippen molar-refractivity contribution in [2.24, 2.45) is 11.8 Å². The summed E-state index contributed by atoms with van der Waals surface area (Å²) in [5, 5.41) is 9.19. The molecule has 5 heteroatoms. The van der Waals surface area contributed by atoms with Crippen molar-refractivity contribution in [3.63, 3.8) is 0 Å². The summed E-state index contributed by atoms with van der Waals surface area (Å²) in [5.74, 6) is -0.596. The van der Waals surface area contributed by atoms with Gasteiger partial charge in [0.1, 0.15) is 0 Å². The first-order valence-corrected chi connectivity index (χ1v) is 8.56. The molecule has 1 aliphatic heterocycles. The number of aliphatic carboxylic acids is 1. The fourth-order valence-electron chi connectivity index (χ4n) is 2.83. The molecule has 1 heterocycles. The number of hydrogen-bond acceptors (Lipinski definition) is 3. The van der Waals surface area contributed by atoms with Gasteiger partial charge in [0.05, 0.1) is 11.7 Å². The zero-order valence-corrected chi connectivity index (χ0v) is 14.2. The highest BCUT2D eigenvalue weighted by molar-refractivity contribution is 8.00. The predicted molar refractivity (Wildman–Crippen MR) is 88.1 cm³/mol. The molecule has 2 atom stereocenters. The summed E-state index contributed by atoms with van der Waals surface area (Å²) >= 11 is 1.54. The number of likely N-dealkylation sites (tertiary alicyclic amines) is 1. The molecule has 0 radical (unpaired) electrons. The number of amides is 1. The van der Waals surface area contributed by atoms with Crippen LogP contribution in [0.2, 0.25) is 0 Å². The Labute approximate surface area is 135 Å². The minimum Gasteiger partial charge on any atom is -0.481 e. The third-order valence-electron chi connectivity index (χ3n) is 4.06. The number of hydrogen-bond donors (Lipinski definition) is 1.